The second kappa shape index (κ2) is 9.41. The number of carbonyl (C=O) groups excluding carboxylic acids is 2. The fourth-order valence-electron chi connectivity index (χ4n) is 3.37. The number of cyclic esters (lactones) is 1. The van der Waals surface area contributed by atoms with Gasteiger partial charge < -0.3 is 14.6 Å². The van der Waals surface area contributed by atoms with Crippen LogP contribution in [-0.4, -0.2) is 35.9 Å². The Morgan fingerprint density at radius 1 is 1.33 bits per heavy atom. The third kappa shape index (κ3) is 4.89. The first kappa shape index (κ1) is 22.0. The number of ether oxygens (including phenoxy) is 2. The topological polar surface area (TPSA) is 72.8 Å². The van der Waals surface area contributed by atoms with E-state index in [-0.39, 0.29) is 23.6 Å². The van der Waals surface area contributed by atoms with Gasteiger partial charge in [0.15, 0.2) is 5.60 Å². The minimum absolute atomic E-state index is 0.0484. The lowest BCUT2D eigenvalue weighted by Gasteiger charge is -2.25. The summed E-state index contributed by atoms with van der Waals surface area (Å²) in [7, 11) is 0. The van der Waals surface area contributed by atoms with Gasteiger partial charge in [-0.05, 0) is 35.8 Å². The predicted molar refractivity (Wildman–Crippen MR) is 110 cm³/mol. The maximum Gasteiger partial charge on any atom is 0.334 e. The molecule has 2 unspecified atom stereocenters. The van der Waals surface area contributed by atoms with E-state index in [1.54, 1.807) is 0 Å². The van der Waals surface area contributed by atoms with Crippen molar-refractivity contribution in [3.05, 3.63) is 76.1 Å². The van der Waals surface area contributed by atoms with Crippen LogP contribution in [0.4, 0.5) is 4.39 Å². The number of halogens is 2. The molecule has 1 aliphatic rings. The smallest absolute Gasteiger partial charge is 0.334 e. The van der Waals surface area contributed by atoms with Gasteiger partial charge in [0.25, 0.3) is 0 Å². The van der Waals surface area contributed by atoms with Crippen LogP contribution < -0.4 is 0 Å². The molecule has 0 amide bonds. The Morgan fingerprint density at radius 3 is 2.70 bits per heavy atom. The van der Waals surface area contributed by atoms with E-state index in [0.717, 1.165) is 5.56 Å². The highest BCUT2D eigenvalue weighted by Gasteiger charge is 2.45. The van der Waals surface area contributed by atoms with Gasteiger partial charge >= 0.3 is 11.9 Å². The van der Waals surface area contributed by atoms with Crippen LogP contribution in [0.25, 0.3) is 6.08 Å². The van der Waals surface area contributed by atoms with Gasteiger partial charge in [0.2, 0.25) is 0 Å². The Balaban J connectivity index is 1.71. The van der Waals surface area contributed by atoms with Crippen LogP contribution in [0.2, 0.25) is 5.02 Å². The van der Waals surface area contributed by atoms with Gasteiger partial charge in [0.1, 0.15) is 12.4 Å². The molecule has 1 heterocycles. The number of rotatable bonds is 7. The van der Waals surface area contributed by atoms with E-state index in [2.05, 4.69) is 0 Å². The fourth-order valence-corrected chi connectivity index (χ4v) is 3.56. The molecule has 158 valence electrons. The summed E-state index contributed by atoms with van der Waals surface area (Å²) in [6, 6.07) is 13.3. The van der Waals surface area contributed by atoms with Crippen molar-refractivity contribution in [1.29, 1.82) is 0 Å². The van der Waals surface area contributed by atoms with E-state index in [1.165, 1.54) is 24.3 Å². The standard InChI is InChI=1S/C23H22ClFO5/c1-2-18(16-6-4-3-5-7-16)22(28)29-14-23(13-26)12-17(21(27)30-23)10-15-8-9-20(25)19(24)11-15/h3-11,18,26H,2,12-14H2,1H3/b17-10+. The zero-order valence-electron chi connectivity index (χ0n) is 16.4. The lowest BCUT2D eigenvalue weighted by Crippen LogP contribution is -2.39. The number of benzene rings is 2. The van der Waals surface area contributed by atoms with Crippen LogP contribution in [0.5, 0.6) is 0 Å². The van der Waals surface area contributed by atoms with Crippen molar-refractivity contribution in [1.82, 2.24) is 0 Å². The monoisotopic (exact) mass is 432 g/mol. The summed E-state index contributed by atoms with van der Waals surface area (Å²) in [5.41, 5.74) is 0.282. The molecule has 2 aromatic carbocycles. The zero-order chi connectivity index (χ0) is 21.7. The number of aliphatic hydroxyl groups excluding tert-OH is 1. The Morgan fingerprint density at radius 2 is 2.07 bits per heavy atom. The summed E-state index contributed by atoms with van der Waals surface area (Å²) in [5, 5.41) is 9.79. The average molecular weight is 433 g/mol. The molecule has 0 radical (unpaired) electrons. The van der Waals surface area contributed by atoms with E-state index >= 15 is 0 Å². The lowest BCUT2D eigenvalue weighted by atomic mass is 9.96. The van der Waals surface area contributed by atoms with Crippen molar-refractivity contribution in [3.8, 4) is 0 Å². The number of aliphatic hydroxyl groups is 1. The van der Waals surface area contributed by atoms with Crippen molar-refractivity contribution >= 4 is 29.6 Å². The minimum atomic E-state index is -1.35. The Bertz CT molecular complexity index is 959. The first-order chi connectivity index (χ1) is 14.4. The molecule has 0 spiro atoms. The van der Waals surface area contributed by atoms with E-state index in [9.17, 15) is 19.1 Å². The van der Waals surface area contributed by atoms with Gasteiger partial charge in [-0.1, -0.05) is 54.9 Å². The molecule has 1 aliphatic heterocycles. The molecule has 0 aromatic heterocycles. The summed E-state index contributed by atoms with van der Waals surface area (Å²) < 4.78 is 24.1. The molecular weight excluding hydrogens is 411 g/mol. The van der Waals surface area contributed by atoms with E-state index in [0.29, 0.717) is 12.0 Å². The Labute approximate surface area is 179 Å². The van der Waals surface area contributed by atoms with Crippen molar-refractivity contribution in [3.63, 3.8) is 0 Å². The SMILES string of the molecule is CCC(C(=O)OCC1(CO)C/C(=C\c2ccc(F)c(Cl)c2)C(=O)O1)c1ccccc1. The largest absolute Gasteiger partial charge is 0.461 e. The molecule has 1 fully saturated rings. The highest BCUT2D eigenvalue weighted by atomic mass is 35.5. The first-order valence-electron chi connectivity index (χ1n) is 9.59. The fraction of sp³-hybridized carbons (Fsp3) is 0.304. The summed E-state index contributed by atoms with van der Waals surface area (Å²) in [5.74, 6) is -2.09. The van der Waals surface area contributed by atoms with Gasteiger partial charge in [-0.15, -0.1) is 0 Å². The summed E-state index contributed by atoms with van der Waals surface area (Å²) in [4.78, 5) is 24.9. The summed E-state index contributed by atoms with van der Waals surface area (Å²) in [6.45, 7) is 1.11. The van der Waals surface area contributed by atoms with E-state index in [1.807, 2.05) is 37.3 Å². The normalized spacial score (nSPS) is 20.8. The molecule has 2 atom stereocenters. The average Bonchev–Trinajstić information content (AvgIpc) is 3.06. The minimum Gasteiger partial charge on any atom is -0.461 e. The predicted octanol–water partition coefficient (Wildman–Crippen LogP) is 4.28. The maximum absolute atomic E-state index is 13.3. The van der Waals surface area contributed by atoms with Crippen LogP contribution in [0, 0.1) is 5.82 Å². The van der Waals surface area contributed by atoms with Gasteiger partial charge in [-0.25, -0.2) is 9.18 Å². The zero-order valence-corrected chi connectivity index (χ0v) is 17.2. The van der Waals surface area contributed by atoms with E-state index in [4.69, 9.17) is 21.1 Å². The molecule has 0 bridgehead atoms. The highest BCUT2D eigenvalue weighted by Crippen LogP contribution is 2.33. The molecule has 0 saturated carbocycles. The Hall–Kier alpha value is -2.70. The lowest BCUT2D eigenvalue weighted by molar-refractivity contribution is -0.167. The molecule has 5 nitrogen and oxygen atoms in total. The molecule has 1 N–H and O–H groups in total. The molecule has 30 heavy (non-hydrogen) atoms. The van der Waals surface area contributed by atoms with Crippen LogP contribution in [0.1, 0.15) is 36.8 Å². The van der Waals surface area contributed by atoms with Gasteiger partial charge in [-0.2, -0.15) is 0 Å². The van der Waals surface area contributed by atoms with Crippen LogP contribution in [0.3, 0.4) is 0 Å². The molecule has 2 aromatic rings. The van der Waals surface area contributed by atoms with Crippen molar-refractivity contribution in [2.24, 2.45) is 0 Å². The van der Waals surface area contributed by atoms with Crippen molar-refractivity contribution in [2.75, 3.05) is 13.2 Å². The summed E-state index contributed by atoms with van der Waals surface area (Å²) >= 11 is 5.78. The third-order valence-corrected chi connectivity index (χ3v) is 5.32. The highest BCUT2D eigenvalue weighted by molar-refractivity contribution is 6.30. The van der Waals surface area contributed by atoms with Crippen molar-refractivity contribution in [2.45, 2.75) is 31.3 Å². The van der Waals surface area contributed by atoms with E-state index < -0.39 is 35.9 Å². The number of esters is 2. The van der Waals surface area contributed by atoms with Crippen LogP contribution in [-0.2, 0) is 19.1 Å². The molecule has 3 rings (SSSR count). The second-order valence-corrected chi connectivity index (χ2v) is 7.64. The van der Waals surface area contributed by atoms with Gasteiger partial charge in [0.05, 0.1) is 17.5 Å². The number of hydrogen-bond acceptors (Lipinski definition) is 5. The molecule has 1 saturated heterocycles. The van der Waals surface area contributed by atoms with Gasteiger partial charge in [0, 0.05) is 12.0 Å². The molecule has 0 aliphatic carbocycles. The number of hydrogen-bond donors (Lipinski definition) is 1. The number of carbonyl (C=O) groups is 2. The Kier molecular flexibility index (Phi) is 6.90. The summed E-state index contributed by atoms with van der Waals surface area (Å²) in [6.07, 6.45) is 2.11. The maximum atomic E-state index is 13.3. The molecular formula is C23H22ClFO5. The quantitative estimate of drug-likeness (QED) is 0.522. The second-order valence-electron chi connectivity index (χ2n) is 7.23. The van der Waals surface area contributed by atoms with Crippen LogP contribution in [0.15, 0.2) is 54.1 Å². The van der Waals surface area contributed by atoms with Crippen molar-refractivity contribution < 1.29 is 28.6 Å². The third-order valence-electron chi connectivity index (χ3n) is 5.03. The first-order valence-corrected chi connectivity index (χ1v) is 9.96. The molecule has 7 heteroatoms. The van der Waals surface area contributed by atoms with Gasteiger partial charge in [-0.3, -0.25) is 4.79 Å². The van der Waals surface area contributed by atoms with Crippen LogP contribution >= 0.6 is 11.6 Å².